The van der Waals surface area contributed by atoms with Crippen LogP contribution in [0.2, 0.25) is 0 Å². The standard InChI is InChI=1S/C21H30O6/c1-5-21(14(2)12-24-13-15-9-7-6-8-10-15)17(16(23)11-22)25-19-18(21)26-20(3,4)27-19/h5-10,14,16-19,22-23H,1,11-13H2,2-4H3/t14?,16?,17?,18-,19+,21-/m0/s1. The molecule has 2 saturated heterocycles. The van der Waals surface area contributed by atoms with Gasteiger partial charge in [-0.2, -0.15) is 0 Å². The number of hydrogen-bond acceptors (Lipinski definition) is 6. The van der Waals surface area contributed by atoms with Crippen molar-refractivity contribution in [3.8, 4) is 0 Å². The molecule has 27 heavy (non-hydrogen) atoms. The first-order valence-corrected chi connectivity index (χ1v) is 9.39. The van der Waals surface area contributed by atoms with Crippen LogP contribution in [-0.2, 0) is 25.6 Å². The van der Waals surface area contributed by atoms with Gasteiger partial charge < -0.3 is 29.2 Å². The van der Waals surface area contributed by atoms with Gasteiger partial charge in [-0.1, -0.05) is 43.3 Å². The Bertz CT molecular complexity index is 633. The van der Waals surface area contributed by atoms with Gasteiger partial charge in [0.25, 0.3) is 0 Å². The minimum atomic E-state index is -1.07. The first kappa shape index (κ1) is 20.5. The summed E-state index contributed by atoms with van der Waals surface area (Å²) >= 11 is 0. The van der Waals surface area contributed by atoms with Crippen LogP contribution in [0.3, 0.4) is 0 Å². The molecule has 3 unspecified atom stereocenters. The predicted molar refractivity (Wildman–Crippen MR) is 99.7 cm³/mol. The fourth-order valence-corrected chi connectivity index (χ4v) is 4.18. The molecular weight excluding hydrogens is 348 g/mol. The van der Waals surface area contributed by atoms with Crippen molar-refractivity contribution in [3.63, 3.8) is 0 Å². The number of aliphatic hydroxyl groups excluding tert-OH is 2. The van der Waals surface area contributed by atoms with Gasteiger partial charge in [0.05, 0.1) is 25.2 Å². The molecule has 2 heterocycles. The fourth-order valence-electron chi connectivity index (χ4n) is 4.18. The number of fused-ring (bicyclic) bond motifs is 1. The second-order valence-corrected chi connectivity index (χ2v) is 7.84. The third-order valence-electron chi connectivity index (χ3n) is 5.55. The van der Waals surface area contributed by atoms with Crippen LogP contribution < -0.4 is 0 Å². The van der Waals surface area contributed by atoms with Crippen LogP contribution >= 0.6 is 0 Å². The van der Waals surface area contributed by atoms with Crippen LogP contribution in [0.4, 0.5) is 0 Å². The molecule has 1 aromatic rings. The molecule has 0 aromatic heterocycles. The van der Waals surface area contributed by atoms with Gasteiger partial charge in [-0.05, 0) is 25.3 Å². The van der Waals surface area contributed by atoms with Gasteiger partial charge in [-0.25, -0.2) is 0 Å². The zero-order valence-electron chi connectivity index (χ0n) is 16.2. The van der Waals surface area contributed by atoms with E-state index < -0.39 is 42.4 Å². The van der Waals surface area contributed by atoms with E-state index >= 15 is 0 Å². The molecule has 2 aliphatic heterocycles. The van der Waals surface area contributed by atoms with E-state index in [4.69, 9.17) is 18.9 Å². The highest BCUT2D eigenvalue weighted by Crippen LogP contribution is 2.53. The van der Waals surface area contributed by atoms with E-state index in [1.165, 1.54) is 0 Å². The van der Waals surface area contributed by atoms with Gasteiger partial charge in [0.2, 0.25) is 0 Å². The van der Waals surface area contributed by atoms with Gasteiger partial charge in [0.1, 0.15) is 18.3 Å². The van der Waals surface area contributed by atoms with Crippen molar-refractivity contribution in [1.82, 2.24) is 0 Å². The molecule has 2 fully saturated rings. The summed E-state index contributed by atoms with van der Waals surface area (Å²) in [6.45, 7) is 10.2. The molecule has 0 aliphatic carbocycles. The maximum absolute atomic E-state index is 10.4. The third kappa shape index (κ3) is 3.83. The zero-order chi connectivity index (χ0) is 19.7. The SMILES string of the molecule is C=C[C@]1(C(C)COCc2ccccc2)C(C(O)CO)O[C@@H]2OC(C)(C)O[C@@H]21. The Morgan fingerprint density at radius 1 is 1.26 bits per heavy atom. The van der Waals surface area contributed by atoms with Gasteiger partial charge >= 0.3 is 0 Å². The van der Waals surface area contributed by atoms with Crippen molar-refractivity contribution >= 4 is 0 Å². The van der Waals surface area contributed by atoms with Gasteiger partial charge in [-0.15, -0.1) is 6.58 Å². The molecule has 6 atom stereocenters. The molecule has 2 aliphatic rings. The summed E-state index contributed by atoms with van der Waals surface area (Å²) in [4.78, 5) is 0. The summed E-state index contributed by atoms with van der Waals surface area (Å²) in [6.07, 6.45) is -1.06. The summed E-state index contributed by atoms with van der Waals surface area (Å²) in [7, 11) is 0. The normalized spacial score (nSPS) is 34.2. The Labute approximate surface area is 160 Å². The van der Waals surface area contributed by atoms with Crippen molar-refractivity contribution in [2.24, 2.45) is 11.3 Å². The monoisotopic (exact) mass is 378 g/mol. The highest BCUT2D eigenvalue weighted by atomic mass is 16.8. The first-order valence-electron chi connectivity index (χ1n) is 9.39. The smallest absolute Gasteiger partial charge is 0.188 e. The lowest BCUT2D eigenvalue weighted by molar-refractivity contribution is -0.233. The molecular formula is C21H30O6. The molecule has 6 nitrogen and oxygen atoms in total. The average Bonchev–Trinajstić information content (AvgIpc) is 3.11. The molecule has 1 aromatic carbocycles. The van der Waals surface area contributed by atoms with Crippen LogP contribution in [0.25, 0.3) is 0 Å². The van der Waals surface area contributed by atoms with Crippen molar-refractivity contribution < 1.29 is 29.2 Å². The maximum atomic E-state index is 10.4. The molecule has 6 heteroatoms. The number of rotatable bonds is 8. The Balaban J connectivity index is 1.78. The summed E-state index contributed by atoms with van der Waals surface area (Å²) in [6, 6.07) is 9.94. The molecule has 150 valence electrons. The Morgan fingerprint density at radius 3 is 2.59 bits per heavy atom. The summed E-state index contributed by atoms with van der Waals surface area (Å²) in [5.41, 5.74) is 0.337. The minimum absolute atomic E-state index is 0.0857. The van der Waals surface area contributed by atoms with Crippen LogP contribution in [0.1, 0.15) is 26.3 Å². The van der Waals surface area contributed by atoms with Crippen molar-refractivity contribution in [1.29, 1.82) is 0 Å². The summed E-state index contributed by atoms with van der Waals surface area (Å²) in [5, 5.41) is 19.9. The van der Waals surface area contributed by atoms with E-state index in [2.05, 4.69) is 6.58 Å². The lowest BCUT2D eigenvalue weighted by Crippen LogP contribution is -2.51. The molecule has 3 rings (SSSR count). The number of benzene rings is 1. The number of aliphatic hydroxyl groups is 2. The molecule has 0 spiro atoms. The Kier molecular flexibility index (Phi) is 6.05. The molecule has 2 N–H and O–H groups in total. The van der Waals surface area contributed by atoms with Crippen molar-refractivity contribution in [2.45, 2.75) is 57.8 Å². The van der Waals surface area contributed by atoms with E-state index in [0.29, 0.717) is 13.2 Å². The first-order chi connectivity index (χ1) is 12.8. The van der Waals surface area contributed by atoms with Crippen LogP contribution in [-0.4, -0.2) is 53.8 Å². The summed E-state index contributed by atoms with van der Waals surface area (Å²) < 4.78 is 23.9. The Morgan fingerprint density at radius 2 is 1.96 bits per heavy atom. The lowest BCUT2D eigenvalue weighted by atomic mass is 9.68. The van der Waals surface area contributed by atoms with Crippen LogP contribution in [0.5, 0.6) is 0 Å². The second kappa shape index (κ2) is 7.99. The van der Waals surface area contributed by atoms with Crippen molar-refractivity contribution in [3.05, 3.63) is 48.6 Å². The molecule has 0 amide bonds. The second-order valence-electron chi connectivity index (χ2n) is 7.84. The zero-order valence-corrected chi connectivity index (χ0v) is 16.2. The van der Waals surface area contributed by atoms with E-state index in [-0.39, 0.29) is 5.92 Å². The van der Waals surface area contributed by atoms with E-state index in [9.17, 15) is 10.2 Å². The highest BCUT2D eigenvalue weighted by Gasteiger charge is 2.65. The van der Waals surface area contributed by atoms with Gasteiger partial charge in [0, 0.05) is 0 Å². The minimum Gasteiger partial charge on any atom is -0.394 e. The van der Waals surface area contributed by atoms with Crippen LogP contribution in [0.15, 0.2) is 43.0 Å². The number of hydrogen-bond donors (Lipinski definition) is 2. The average molecular weight is 378 g/mol. The maximum Gasteiger partial charge on any atom is 0.188 e. The van der Waals surface area contributed by atoms with Crippen molar-refractivity contribution in [2.75, 3.05) is 13.2 Å². The highest BCUT2D eigenvalue weighted by molar-refractivity contribution is 5.16. The molecule has 0 radical (unpaired) electrons. The Hall–Kier alpha value is -1.28. The lowest BCUT2D eigenvalue weighted by Gasteiger charge is -2.41. The molecule has 0 saturated carbocycles. The largest absolute Gasteiger partial charge is 0.394 e. The van der Waals surface area contributed by atoms with Gasteiger partial charge in [0.15, 0.2) is 12.1 Å². The fraction of sp³-hybridized carbons (Fsp3) is 0.619. The quantitative estimate of drug-likeness (QED) is 0.676. The molecule has 0 bridgehead atoms. The van der Waals surface area contributed by atoms with E-state index in [0.717, 1.165) is 5.56 Å². The van der Waals surface area contributed by atoms with Gasteiger partial charge in [-0.3, -0.25) is 0 Å². The number of ether oxygens (including phenoxy) is 4. The predicted octanol–water partition coefficient (Wildman–Crippen LogP) is 2.24. The van der Waals surface area contributed by atoms with Crippen LogP contribution in [0, 0.1) is 11.3 Å². The summed E-state index contributed by atoms with van der Waals surface area (Å²) in [5.74, 6) is -0.874. The third-order valence-corrected chi connectivity index (χ3v) is 5.55. The van der Waals surface area contributed by atoms with E-state index in [1.54, 1.807) is 6.08 Å². The topological polar surface area (TPSA) is 77.4 Å². The van der Waals surface area contributed by atoms with E-state index in [1.807, 2.05) is 51.1 Å².